The fourth-order valence-corrected chi connectivity index (χ4v) is 3.78. The highest BCUT2D eigenvalue weighted by Gasteiger charge is 2.35. The second-order valence-electron chi connectivity index (χ2n) is 5.96. The fraction of sp³-hybridized carbons (Fsp3) is 0.0556. The van der Waals surface area contributed by atoms with Crippen LogP contribution in [0.3, 0.4) is 0 Å². The monoisotopic (exact) mass is 412 g/mol. The molecule has 0 bridgehead atoms. The molecule has 0 unspecified atom stereocenters. The summed E-state index contributed by atoms with van der Waals surface area (Å²) in [5, 5.41) is 2.54. The van der Waals surface area contributed by atoms with Gasteiger partial charge in [-0.2, -0.15) is 4.99 Å². The van der Waals surface area contributed by atoms with E-state index in [1.165, 1.54) is 11.3 Å². The van der Waals surface area contributed by atoms with Gasteiger partial charge in [-0.15, -0.1) is 11.3 Å². The molecule has 1 aromatic carbocycles. The number of carbonyl (C=O) groups is 2. The average Bonchev–Trinajstić information content (AvgIpc) is 3.20. The zero-order valence-corrected chi connectivity index (χ0v) is 15.9. The molecule has 3 heterocycles. The number of carbonyl (C=O) groups excluding carboxylic acids is 2. The number of fused-ring (bicyclic) bond motifs is 1. The Morgan fingerprint density at radius 3 is 2.39 bits per heavy atom. The molecule has 0 spiro atoms. The van der Waals surface area contributed by atoms with E-state index in [9.17, 15) is 9.59 Å². The first-order valence-corrected chi connectivity index (χ1v) is 9.35. The van der Waals surface area contributed by atoms with Crippen molar-refractivity contribution in [2.75, 3.05) is 0 Å². The van der Waals surface area contributed by atoms with Gasteiger partial charge >= 0.3 is 0 Å². The predicted molar refractivity (Wildman–Crippen MR) is 106 cm³/mol. The van der Waals surface area contributed by atoms with Crippen LogP contribution in [0.4, 0.5) is 5.13 Å². The summed E-state index contributed by atoms with van der Waals surface area (Å²) in [5.74, 6) is -0.800. The standard InChI is InChI=1S/C18H13ClN6O2S/c19-9-5-10(7-25-15(26)11-3-1-2-4-12(11)16(25)27)22-13(6-9)14-8-28-18(23-14)24-17(20)21/h1-6,8H,7H2,(H4,20,21,23,24). The lowest BCUT2D eigenvalue weighted by Gasteiger charge is -2.14. The van der Waals surface area contributed by atoms with E-state index in [1.54, 1.807) is 41.8 Å². The highest BCUT2D eigenvalue weighted by Crippen LogP contribution is 2.29. The molecule has 4 rings (SSSR count). The molecule has 10 heteroatoms. The van der Waals surface area contributed by atoms with Crippen molar-refractivity contribution in [3.05, 3.63) is 63.6 Å². The molecule has 2 amide bonds. The maximum Gasteiger partial charge on any atom is 0.261 e. The van der Waals surface area contributed by atoms with E-state index in [1.807, 2.05) is 0 Å². The Labute approximate surface area is 168 Å². The molecule has 0 saturated heterocycles. The van der Waals surface area contributed by atoms with Gasteiger partial charge in [-0.05, 0) is 24.3 Å². The summed E-state index contributed by atoms with van der Waals surface area (Å²) >= 11 is 7.47. The lowest BCUT2D eigenvalue weighted by Crippen LogP contribution is -2.29. The first kappa shape index (κ1) is 18.1. The lowest BCUT2D eigenvalue weighted by atomic mass is 10.1. The summed E-state index contributed by atoms with van der Waals surface area (Å²) in [6, 6.07) is 9.96. The van der Waals surface area contributed by atoms with Crippen LogP contribution in [0.2, 0.25) is 5.02 Å². The molecule has 8 nitrogen and oxygen atoms in total. The summed E-state index contributed by atoms with van der Waals surface area (Å²) in [6.07, 6.45) is 0. The number of benzene rings is 1. The Hall–Kier alpha value is -3.30. The quantitative estimate of drug-likeness (QED) is 0.385. The molecule has 3 aromatic rings. The number of aromatic nitrogens is 2. The minimum Gasteiger partial charge on any atom is -0.370 e. The van der Waals surface area contributed by atoms with Crippen molar-refractivity contribution in [1.82, 2.24) is 14.9 Å². The third kappa shape index (κ3) is 3.32. The smallest absolute Gasteiger partial charge is 0.261 e. The normalized spacial score (nSPS) is 13.0. The van der Waals surface area contributed by atoms with Crippen molar-refractivity contribution in [2.24, 2.45) is 16.5 Å². The molecule has 0 fully saturated rings. The maximum absolute atomic E-state index is 12.6. The van der Waals surface area contributed by atoms with Crippen LogP contribution in [0, 0.1) is 0 Å². The highest BCUT2D eigenvalue weighted by molar-refractivity contribution is 7.13. The van der Waals surface area contributed by atoms with Gasteiger partial charge in [0.2, 0.25) is 5.13 Å². The van der Waals surface area contributed by atoms with E-state index in [0.29, 0.717) is 38.4 Å². The molecular formula is C18H13ClN6O2S. The van der Waals surface area contributed by atoms with Gasteiger partial charge in [-0.1, -0.05) is 23.7 Å². The summed E-state index contributed by atoms with van der Waals surface area (Å²) in [6.45, 7) is 0.00476. The van der Waals surface area contributed by atoms with E-state index < -0.39 is 0 Å². The molecule has 1 aliphatic rings. The molecule has 1 aliphatic heterocycles. The van der Waals surface area contributed by atoms with Crippen LogP contribution in [0.15, 0.2) is 46.8 Å². The second-order valence-corrected chi connectivity index (χ2v) is 7.23. The maximum atomic E-state index is 12.6. The van der Waals surface area contributed by atoms with Crippen LogP contribution in [0.25, 0.3) is 11.4 Å². The van der Waals surface area contributed by atoms with E-state index in [2.05, 4.69) is 15.0 Å². The number of hydrogen-bond donors (Lipinski definition) is 2. The van der Waals surface area contributed by atoms with Gasteiger partial charge in [0.15, 0.2) is 5.96 Å². The van der Waals surface area contributed by atoms with Crippen molar-refractivity contribution >= 4 is 45.8 Å². The van der Waals surface area contributed by atoms with Crippen molar-refractivity contribution < 1.29 is 9.59 Å². The summed E-state index contributed by atoms with van der Waals surface area (Å²) in [4.78, 5) is 38.9. The predicted octanol–water partition coefficient (Wildman–Crippen LogP) is 2.56. The topological polar surface area (TPSA) is 128 Å². The molecular weight excluding hydrogens is 400 g/mol. The Kier molecular flexibility index (Phi) is 4.54. The Morgan fingerprint density at radius 1 is 1.07 bits per heavy atom. The Morgan fingerprint density at radius 2 is 1.75 bits per heavy atom. The molecule has 0 saturated carbocycles. The van der Waals surface area contributed by atoms with Crippen molar-refractivity contribution in [1.29, 1.82) is 0 Å². The van der Waals surface area contributed by atoms with Crippen LogP contribution in [0.1, 0.15) is 26.4 Å². The van der Waals surface area contributed by atoms with Gasteiger partial charge in [0, 0.05) is 10.4 Å². The molecule has 0 aliphatic carbocycles. The van der Waals surface area contributed by atoms with Gasteiger partial charge in [0.25, 0.3) is 11.8 Å². The van der Waals surface area contributed by atoms with E-state index in [4.69, 9.17) is 23.1 Å². The molecule has 0 atom stereocenters. The minimum absolute atomic E-state index is 0.00476. The summed E-state index contributed by atoms with van der Waals surface area (Å²) < 4.78 is 0. The number of rotatable bonds is 4. The fourth-order valence-electron chi connectivity index (χ4n) is 2.85. The summed E-state index contributed by atoms with van der Waals surface area (Å²) in [5.41, 5.74) is 13.0. The number of nitrogens with two attached hydrogens (primary N) is 2. The van der Waals surface area contributed by atoms with Gasteiger partial charge < -0.3 is 11.5 Å². The highest BCUT2D eigenvalue weighted by atomic mass is 35.5. The number of amides is 2. The molecule has 4 N–H and O–H groups in total. The first-order chi connectivity index (χ1) is 13.4. The number of nitrogens with zero attached hydrogens (tertiary/aromatic N) is 4. The second kappa shape index (κ2) is 7.02. The third-order valence-electron chi connectivity index (χ3n) is 4.02. The number of pyridine rings is 1. The van der Waals surface area contributed by atoms with E-state index in [-0.39, 0.29) is 24.3 Å². The largest absolute Gasteiger partial charge is 0.370 e. The van der Waals surface area contributed by atoms with Crippen LogP contribution < -0.4 is 11.5 Å². The van der Waals surface area contributed by atoms with Crippen LogP contribution >= 0.6 is 22.9 Å². The average molecular weight is 413 g/mol. The molecule has 2 aromatic heterocycles. The number of imide groups is 1. The zero-order chi connectivity index (χ0) is 19.8. The van der Waals surface area contributed by atoms with Crippen LogP contribution in [-0.4, -0.2) is 32.6 Å². The Bertz CT molecular complexity index is 1100. The van der Waals surface area contributed by atoms with Gasteiger partial charge in [-0.3, -0.25) is 14.5 Å². The van der Waals surface area contributed by atoms with Crippen LogP contribution in [-0.2, 0) is 6.54 Å². The Balaban J connectivity index is 1.64. The molecule has 140 valence electrons. The summed E-state index contributed by atoms with van der Waals surface area (Å²) in [7, 11) is 0. The zero-order valence-electron chi connectivity index (χ0n) is 14.3. The third-order valence-corrected chi connectivity index (χ3v) is 4.97. The minimum atomic E-state index is -0.354. The lowest BCUT2D eigenvalue weighted by molar-refractivity contribution is 0.0640. The molecule has 28 heavy (non-hydrogen) atoms. The number of halogens is 1. The van der Waals surface area contributed by atoms with E-state index >= 15 is 0 Å². The van der Waals surface area contributed by atoms with Crippen molar-refractivity contribution in [3.63, 3.8) is 0 Å². The number of thiazole rings is 1. The first-order valence-electron chi connectivity index (χ1n) is 8.09. The van der Waals surface area contributed by atoms with Gasteiger partial charge in [0.1, 0.15) is 5.69 Å². The van der Waals surface area contributed by atoms with Crippen LogP contribution in [0.5, 0.6) is 0 Å². The SMILES string of the molecule is NC(N)=Nc1nc(-c2cc(Cl)cc(CN3C(=O)c4ccccc4C3=O)n2)cs1. The van der Waals surface area contributed by atoms with Crippen molar-refractivity contribution in [2.45, 2.75) is 6.54 Å². The van der Waals surface area contributed by atoms with Crippen molar-refractivity contribution in [3.8, 4) is 11.4 Å². The number of aliphatic imine (C=N–C) groups is 1. The molecule has 0 radical (unpaired) electrons. The van der Waals surface area contributed by atoms with Gasteiger partial charge in [-0.25, -0.2) is 9.97 Å². The van der Waals surface area contributed by atoms with Gasteiger partial charge in [0.05, 0.1) is 29.1 Å². The number of hydrogen-bond acceptors (Lipinski definition) is 6. The number of guanidine groups is 1. The van der Waals surface area contributed by atoms with E-state index in [0.717, 1.165) is 4.90 Å².